The van der Waals surface area contributed by atoms with E-state index in [1.165, 1.54) is 96.3 Å². The van der Waals surface area contributed by atoms with Crippen LogP contribution in [0.2, 0.25) is 0 Å². The molecule has 0 radical (unpaired) electrons. The SMILES string of the molecule is CCCCCCCCCCCCCCCCCC[N+](C)(C)CCOS(=O)(=O)O. The Kier molecular flexibility index (Phi) is 17.6. The maximum atomic E-state index is 10.6. The first-order valence-electron chi connectivity index (χ1n) is 11.7. The summed E-state index contributed by atoms with van der Waals surface area (Å²) in [5.41, 5.74) is 0. The fourth-order valence-electron chi connectivity index (χ4n) is 3.59. The summed E-state index contributed by atoms with van der Waals surface area (Å²) in [5.74, 6) is 0. The van der Waals surface area contributed by atoms with Gasteiger partial charge >= 0.3 is 10.4 Å². The largest absolute Gasteiger partial charge is 0.397 e. The number of rotatable bonds is 21. The van der Waals surface area contributed by atoms with Crippen LogP contribution in [0.3, 0.4) is 0 Å². The summed E-state index contributed by atoms with van der Waals surface area (Å²) < 4.78 is 34.8. The Morgan fingerprint density at radius 1 is 0.643 bits per heavy atom. The summed E-state index contributed by atoms with van der Waals surface area (Å²) in [6.45, 7) is 3.90. The van der Waals surface area contributed by atoms with Gasteiger partial charge in [-0.05, 0) is 12.8 Å². The average Bonchev–Trinajstić information content (AvgIpc) is 2.60. The van der Waals surface area contributed by atoms with Crippen LogP contribution >= 0.6 is 0 Å². The quantitative estimate of drug-likeness (QED) is 0.137. The molecule has 0 saturated carbocycles. The van der Waals surface area contributed by atoms with Crippen LogP contribution < -0.4 is 0 Å². The summed E-state index contributed by atoms with van der Waals surface area (Å²) in [6.07, 6.45) is 21.9. The molecule has 0 amide bonds. The first-order chi connectivity index (χ1) is 13.3. The van der Waals surface area contributed by atoms with E-state index in [9.17, 15) is 8.42 Å². The van der Waals surface area contributed by atoms with Crippen molar-refractivity contribution in [2.75, 3.05) is 33.8 Å². The van der Waals surface area contributed by atoms with Crippen LogP contribution in [-0.2, 0) is 14.6 Å². The van der Waals surface area contributed by atoms with Gasteiger partial charge in [-0.3, -0.25) is 4.55 Å². The fraction of sp³-hybridized carbons (Fsp3) is 1.00. The minimum atomic E-state index is -4.31. The number of nitrogens with zero attached hydrogens (tertiary/aromatic N) is 1. The third-order valence-electron chi connectivity index (χ3n) is 5.55. The Balaban J connectivity index is 3.30. The van der Waals surface area contributed by atoms with E-state index >= 15 is 0 Å². The van der Waals surface area contributed by atoms with Gasteiger partial charge in [-0.2, -0.15) is 8.42 Å². The number of hydrogen-bond donors (Lipinski definition) is 1. The van der Waals surface area contributed by atoms with E-state index in [4.69, 9.17) is 4.55 Å². The van der Waals surface area contributed by atoms with Gasteiger partial charge in [-0.25, -0.2) is 4.18 Å². The van der Waals surface area contributed by atoms with Crippen LogP contribution in [0.25, 0.3) is 0 Å². The number of likely N-dealkylation sites (N-methyl/N-ethyl adjacent to an activating group) is 1. The van der Waals surface area contributed by atoms with E-state index in [1.54, 1.807) is 0 Å². The molecular weight excluding hydrogens is 374 g/mol. The lowest BCUT2D eigenvalue weighted by Crippen LogP contribution is -2.43. The smallest absolute Gasteiger partial charge is 0.327 e. The van der Waals surface area contributed by atoms with Gasteiger partial charge in [-0.15, -0.1) is 0 Å². The van der Waals surface area contributed by atoms with Gasteiger partial charge in [0.05, 0.1) is 20.6 Å². The van der Waals surface area contributed by atoms with Crippen molar-refractivity contribution in [2.45, 2.75) is 110 Å². The third-order valence-corrected chi connectivity index (χ3v) is 6.01. The topological polar surface area (TPSA) is 63.6 Å². The minimum Gasteiger partial charge on any atom is -0.327 e. The molecule has 0 rings (SSSR count). The first-order valence-corrected chi connectivity index (χ1v) is 13.1. The molecule has 0 aromatic carbocycles. The van der Waals surface area contributed by atoms with Gasteiger partial charge in [0, 0.05) is 0 Å². The molecule has 0 spiro atoms. The second-order valence-electron chi connectivity index (χ2n) is 8.94. The fourth-order valence-corrected chi connectivity index (χ4v) is 3.87. The average molecular weight is 423 g/mol. The van der Waals surface area contributed by atoms with Crippen molar-refractivity contribution in [1.82, 2.24) is 0 Å². The van der Waals surface area contributed by atoms with E-state index in [1.807, 2.05) is 0 Å². The molecule has 0 saturated heterocycles. The van der Waals surface area contributed by atoms with Crippen molar-refractivity contribution in [3.8, 4) is 0 Å². The van der Waals surface area contributed by atoms with Crippen molar-refractivity contribution >= 4 is 10.4 Å². The molecule has 0 aromatic heterocycles. The van der Waals surface area contributed by atoms with Crippen molar-refractivity contribution in [3.05, 3.63) is 0 Å². The van der Waals surface area contributed by atoms with E-state index in [0.29, 0.717) is 11.0 Å². The van der Waals surface area contributed by atoms with Crippen LogP contribution in [-0.4, -0.2) is 51.2 Å². The predicted octanol–water partition coefficient (Wildman–Crippen LogP) is 6.14. The van der Waals surface area contributed by atoms with E-state index < -0.39 is 10.4 Å². The molecule has 0 fully saturated rings. The van der Waals surface area contributed by atoms with E-state index in [2.05, 4.69) is 25.2 Å². The Morgan fingerprint density at radius 3 is 1.36 bits per heavy atom. The lowest BCUT2D eigenvalue weighted by Gasteiger charge is -2.29. The zero-order valence-electron chi connectivity index (χ0n) is 19.0. The molecule has 0 atom stereocenters. The van der Waals surface area contributed by atoms with Crippen molar-refractivity contribution in [3.63, 3.8) is 0 Å². The molecule has 5 nitrogen and oxygen atoms in total. The monoisotopic (exact) mass is 422 g/mol. The third kappa shape index (κ3) is 22.1. The van der Waals surface area contributed by atoms with Crippen LogP contribution in [0.15, 0.2) is 0 Å². The zero-order chi connectivity index (χ0) is 21.1. The highest BCUT2D eigenvalue weighted by molar-refractivity contribution is 7.80. The molecule has 0 unspecified atom stereocenters. The zero-order valence-corrected chi connectivity index (χ0v) is 19.8. The molecule has 0 heterocycles. The second kappa shape index (κ2) is 17.7. The van der Waals surface area contributed by atoms with Crippen molar-refractivity contribution in [2.24, 2.45) is 0 Å². The van der Waals surface area contributed by atoms with E-state index in [-0.39, 0.29) is 6.61 Å². The second-order valence-corrected chi connectivity index (χ2v) is 10.0. The van der Waals surface area contributed by atoms with Gasteiger partial charge in [0.1, 0.15) is 13.2 Å². The van der Waals surface area contributed by atoms with Gasteiger partial charge in [0.2, 0.25) is 0 Å². The van der Waals surface area contributed by atoms with Crippen LogP contribution in [0.5, 0.6) is 0 Å². The van der Waals surface area contributed by atoms with Crippen LogP contribution in [0.1, 0.15) is 110 Å². The highest BCUT2D eigenvalue weighted by Gasteiger charge is 2.16. The molecule has 0 aliphatic heterocycles. The lowest BCUT2D eigenvalue weighted by atomic mass is 10.0. The maximum Gasteiger partial charge on any atom is 0.397 e. The van der Waals surface area contributed by atoms with Gasteiger partial charge in [0.15, 0.2) is 0 Å². The Bertz CT molecular complexity index is 438. The molecule has 0 bridgehead atoms. The Labute approximate surface area is 175 Å². The number of quaternary nitrogens is 1. The summed E-state index contributed by atoms with van der Waals surface area (Å²) >= 11 is 0. The molecule has 170 valence electrons. The number of hydrogen-bond acceptors (Lipinski definition) is 3. The molecule has 6 heteroatoms. The molecule has 0 aliphatic carbocycles. The van der Waals surface area contributed by atoms with Gasteiger partial charge in [-0.1, -0.05) is 96.8 Å². The summed E-state index contributed by atoms with van der Waals surface area (Å²) in [4.78, 5) is 0. The van der Waals surface area contributed by atoms with Crippen molar-refractivity contribution < 1.29 is 21.6 Å². The summed E-state index contributed by atoms with van der Waals surface area (Å²) in [7, 11) is -0.172. The molecule has 0 aliphatic rings. The lowest BCUT2D eigenvalue weighted by molar-refractivity contribution is -0.890. The Morgan fingerprint density at radius 2 is 1.00 bits per heavy atom. The molecule has 1 N–H and O–H groups in total. The summed E-state index contributed by atoms with van der Waals surface area (Å²) in [6, 6.07) is 0. The van der Waals surface area contributed by atoms with Gasteiger partial charge < -0.3 is 4.48 Å². The standard InChI is InChI=1S/C22H47NO4S/c1-4-5-6-7-8-9-10-11-12-13-14-15-16-17-18-19-20-23(2,3)21-22-27-28(24,25)26/h4-22H2,1-3H3/p+1. The Hall–Kier alpha value is -0.170. The molecular formula is C22H48NO4S+. The van der Waals surface area contributed by atoms with Crippen molar-refractivity contribution in [1.29, 1.82) is 0 Å². The van der Waals surface area contributed by atoms with E-state index in [0.717, 1.165) is 13.0 Å². The number of unbranched alkanes of at least 4 members (excludes halogenated alkanes) is 15. The minimum absolute atomic E-state index is 0.0324. The maximum absolute atomic E-state index is 10.6. The van der Waals surface area contributed by atoms with Crippen LogP contribution in [0, 0.1) is 0 Å². The summed E-state index contributed by atoms with van der Waals surface area (Å²) in [5, 5.41) is 0. The highest BCUT2D eigenvalue weighted by Crippen LogP contribution is 2.14. The normalized spacial score (nSPS) is 12.6. The first kappa shape index (κ1) is 27.8. The van der Waals surface area contributed by atoms with Crippen LogP contribution in [0.4, 0.5) is 0 Å². The molecule has 0 aromatic rings. The van der Waals surface area contributed by atoms with Gasteiger partial charge in [0.25, 0.3) is 0 Å². The molecule has 28 heavy (non-hydrogen) atoms. The highest BCUT2D eigenvalue weighted by atomic mass is 32.3. The predicted molar refractivity (Wildman–Crippen MR) is 119 cm³/mol.